The fourth-order valence-corrected chi connectivity index (χ4v) is 2.79. The molecule has 0 bridgehead atoms. The van der Waals surface area contributed by atoms with Gasteiger partial charge in [0.1, 0.15) is 5.76 Å². The first-order valence-corrected chi connectivity index (χ1v) is 7.66. The van der Waals surface area contributed by atoms with Gasteiger partial charge in [-0.2, -0.15) is 34.8 Å². The Morgan fingerprint density at radius 1 is 0.917 bits per heavy atom. The van der Waals surface area contributed by atoms with Crippen molar-refractivity contribution in [1.29, 1.82) is 0 Å². The van der Waals surface area contributed by atoms with Crippen molar-refractivity contribution in [1.82, 2.24) is 0 Å². The van der Waals surface area contributed by atoms with Crippen LogP contribution in [0.4, 0.5) is 32.0 Å². The summed E-state index contributed by atoms with van der Waals surface area (Å²) in [6.07, 6.45) is -10.2. The number of nitrogens with one attached hydrogen (secondary N) is 1. The third-order valence-electron chi connectivity index (χ3n) is 2.82. The van der Waals surface area contributed by atoms with Gasteiger partial charge < -0.3 is 4.42 Å². The van der Waals surface area contributed by atoms with Gasteiger partial charge in [-0.1, -0.05) is 0 Å². The summed E-state index contributed by atoms with van der Waals surface area (Å²) in [4.78, 5) is 0. The lowest BCUT2D eigenvalue weighted by Gasteiger charge is -2.14. The molecule has 11 heteroatoms. The number of sulfonamides is 1. The molecule has 0 spiro atoms. The molecule has 24 heavy (non-hydrogen) atoms. The van der Waals surface area contributed by atoms with E-state index >= 15 is 0 Å². The van der Waals surface area contributed by atoms with Gasteiger partial charge in [-0.25, -0.2) is 0 Å². The number of benzene rings is 1. The van der Waals surface area contributed by atoms with E-state index in [4.69, 9.17) is 4.42 Å². The zero-order valence-corrected chi connectivity index (χ0v) is 12.6. The van der Waals surface area contributed by atoms with Crippen LogP contribution in [0.2, 0.25) is 0 Å². The molecule has 2 rings (SSSR count). The van der Waals surface area contributed by atoms with Crippen LogP contribution >= 0.6 is 0 Å². The van der Waals surface area contributed by atoms with E-state index in [-0.39, 0.29) is 24.0 Å². The average Bonchev–Trinajstić information content (AvgIpc) is 2.83. The van der Waals surface area contributed by atoms with Crippen LogP contribution in [-0.4, -0.2) is 8.42 Å². The zero-order valence-electron chi connectivity index (χ0n) is 11.8. The van der Waals surface area contributed by atoms with Crippen LogP contribution in [-0.2, 0) is 22.4 Å². The summed E-state index contributed by atoms with van der Waals surface area (Å²) in [5.74, 6) is 0.204. The van der Waals surface area contributed by atoms with Gasteiger partial charge in [0.25, 0.3) is 10.0 Å². The number of furan rings is 1. The average molecular weight is 373 g/mol. The van der Waals surface area contributed by atoms with Crippen molar-refractivity contribution in [3.63, 3.8) is 0 Å². The first-order valence-electron chi connectivity index (χ1n) is 6.18. The summed E-state index contributed by atoms with van der Waals surface area (Å²) in [7, 11) is -4.47. The maximum Gasteiger partial charge on any atom is 0.416 e. The molecule has 0 saturated carbocycles. The van der Waals surface area contributed by atoms with E-state index in [2.05, 4.69) is 0 Å². The van der Waals surface area contributed by atoms with Gasteiger partial charge in [-0.3, -0.25) is 4.72 Å². The molecular weight excluding hydrogens is 364 g/mol. The highest BCUT2D eigenvalue weighted by Gasteiger charge is 2.37. The molecule has 1 N–H and O–H groups in total. The maximum absolute atomic E-state index is 12.7. The highest BCUT2D eigenvalue weighted by atomic mass is 32.2. The first-order chi connectivity index (χ1) is 10.8. The van der Waals surface area contributed by atoms with E-state index in [1.54, 1.807) is 4.72 Å². The lowest BCUT2D eigenvalue weighted by molar-refractivity contribution is -0.143. The highest BCUT2D eigenvalue weighted by Crippen LogP contribution is 2.38. The maximum atomic E-state index is 12.7. The molecule has 0 saturated heterocycles. The molecule has 0 atom stereocenters. The van der Waals surface area contributed by atoms with E-state index in [1.165, 1.54) is 13.0 Å². The van der Waals surface area contributed by atoms with Gasteiger partial charge in [0.2, 0.25) is 5.09 Å². The Bertz CT molecular complexity index is 819. The SMILES string of the molecule is Cc1ccc(S(=O)(=O)Nc2cc(C(F)(F)F)cc(C(F)(F)F)c2)o1. The smallest absolute Gasteiger partial charge is 0.416 e. The van der Waals surface area contributed by atoms with Crippen molar-refractivity contribution in [2.45, 2.75) is 24.4 Å². The van der Waals surface area contributed by atoms with Crippen molar-refractivity contribution in [3.8, 4) is 0 Å². The summed E-state index contributed by atoms with van der Waals surface area (Å²) < 4.78 is 107. The van der Waals surface area contributed by atoms with E-state index in [1.807, 2.05) is 0 Å². The third-order valence-corrected chi connectivity index (χ3v) is 4.07. The van der Waals surface area contributed by atoms with Crippen LogP contribution < -0.4 is 4.72 Å². The predicted octanol–water partition coefficient (Wildman–Crippen LogP) is 4.43. The van der Waals surface area contributed by atoms with Crippen LogP contribution in [0.1, 0.15) is 16.9 Å². The molecule has 1 heterocycles. The fraction of sp³-hybridized carbons (Fsp3) is 0.231. The number of anilines is 1. The molecule has 0 aliphatic carbocycles. The molecule has 0 radical (unpaired) electrons. The molecular formula is C13H9F6NO3S. The summed E-state index contributed by atoms with van der Waals surface area (Å²) in [5, 5.41) is -0.633. The van der Waals surface area contributed by atoms with Crippen LogP contribution in [0.25, 0.3) is 0 Å². The van der Waals surface area contributed by atoms with Crippen LogP contribution in [0, 0.1) is 6.92 Å². The lowest BCUT2D eigenvalue weighted by atomic mass is 10.1. The molecule has 132 valence electrons. The van der Waals surface area contributed by atoms with Gasteiger partial charge in [-0.15, -0.1) is 0 Å². The molecule has 1 aromatic carbocycles. The molecule has 0 aliphatic rings. The molecule has 0 fully saturated rings. The summed E-state index contributed by atoms with van der Waals surface area (Å²) in [6.45, 7) is 1.42. The quantitative estimate of drug-likeness (QED) is 0.810. The molecule has 0 amide bonds. The Balaban J connectivity index is 2.50. The Kier molecular flexibility index (Phi) is 4.33. The Morgan fingerprint density at radius 3 is 1.79 bits per heavy atom. The first kappa shape index (κ1) is 18.2. The van der Waals surface area contributed by atoms with Crippen molar-refractivity contribution < 1.29 is 39.2 Å². The Morgan fingerprint density at radius 2 is 1.42 bits per heavy atom. The Hall–Kier alpha value is -2.17. The molecule has 2 aromatic rings. The summed E-state index contributed by atoms with van der Waals surface area (Å²) in [6, 6.07) is 2.73. The van der Waals surface area contributed by atoms with E-state index < -0.39 is 44.3 Å². The number of hydrogen-bond donors (Lipinski definition) is 1. The monoisotopic (exact) mass is 373 g/mol. The second-order valence-electron chi connectivity index (χ2n) is 4.77. The summed E-state index contributed by atoms with van der Waals surface area (Å²) >= 11 is 0. The van der Waals surface area contributed by atoms with Crippen molar-refractivity contribution in [3.05, 3.63) is 47.2 Å². The summed E-state index contributed by atoms with van der Waals surface area (Å²) in [5.41, 5.74) is -4.15. The molecule has 1 aromatic heterocycles. The minimum absolute atomic E-state index is 0.102. The second kappa shape index (κ2) is 5.72. The molecule has 4 nitrogen and oxygen atoms in total. The van der Waals surface area contributed by atoms with Crippen LogP contribution in [0.3, 0.4) is 0 Å². The standard InChI is InChI=1S/C13H9F6NO3S/c1-7-2-3-11(23-7)24(21,22)20-10-5-8(12(14,15)16)4-9(6-10)13(17,18)19/h2-6,20H,1H3. The highest BCUT2D eigenvalue weighted by molar-refractivity contribution is 7.92. The lowest BCUT2D eigenvalue weighted by Crippen LogP contribution is -2.16. The third kappa shape index (κ3) is 4.02. The van der Waals surface area contributed by atoms with Gasteiger partial charge in [0.15, 0.2) is 0 Å². The minimum atomic E-state index is -5.08. The fourth-order valence-electron chi connectivity index (χ4n) is 1.78. The van der Waals surface area contributed by atoms with Crippen LogP contribution in [0.15, 0.2) is 39.8 Å². The molecule has 0 aliphatic heterocycles. The van der Waals surface area contributed by atoms with Crippen molar-refractivity contribution >= 4 is 15.7 Å². The number of aryl methyl sites for hydroxylation is 1. The topological polar surface area (TPSA) is 59.3 Å². The van der Waals surface area contributed by atoms with E-state index in [9.17, 15) is 34.8 Å². The number of halogens is 6. The predicted molar refractivity (Wildman–Crippen MR) is 70.7 cm³/mol. The van der Waals surface area contributed by atoms with Gasteiger partial charge in [-0.05, 0) is 37.3 Å². The van der Waals surface area contributed by atoms with Gasteiger partial charge >= 0.3 is 12.4 Å². The van der Waals surface area contributed by atoms with Crippen LogP contribution in [0.5, 0.6) is 0 Å². The number of alkyl halides is 6. The van der Waals surface area contributed by atoms with Crippen molar-refractivity contribution in [2.75, 3.05) is 4.72 Å². The molecule has 0 unspecified atom stereocenters. The number of rotatable bonds is 3. The van der Waals surface area contributed by atoms with Gasteiger partial charge in [0.05, 0.1) is 16.8 Å². The minimum Gasteiger partial charge on any atom is -0.448 e. The second-order valence-corrected chi connectivity index (χ2v) is 6.38. The van der Waals surface area contributed by atoms with E-state index in [0.717, 1.165) is 6.07 Å². The zero-order chi connectivity index (χ0) is 18.3. The Labute approximate surface area is 132 Å². The number of hydrogen-bond acceptors (Lipinski definition) is 3. The largest absolute Gasteiger partial charge is 0.448 e. The van der Waals surface area contributed by atoms with Crippen molar-refractivity contribution in [2.24, 2.45) is 0 Å². The normalized spacial score (nSPS) is 13.1. The van der Waals surface area contributed by atoms with Gasteiger partial charge in [0, 0.05) is 0 Å². The van der Waals surface area contributed by atoms with E-state index in [0.29, 0.717) is 0 Å².